The van der Waals surface area contributed by atoms with Gasteiger partial charge in [-0.2, -0.15) is 0 Å². The van der Waals surface area contributed by atoms with Gasteiger partial charge in [0.25, 0.3) is 0 Å². The van der Waals surface area contributed by atoms with E-state index >= 15 is 0 Å². The quantitative estimate of drug-likeness (QED) is 0.0534. The molecule has 52 heavy (non-hydrogen) atoms. The molecule has 0 saturated heterocycles. The number of phenolic OH excluding ortho intramolecular Hbond substituents is 1. The molecular weight excluding hydrogens is 659 g/mol. The fourth-order valence-electron chi connectivity index (χ4n) is 6.96. The molecule has 0 aliphatic carbocycles. The summed E-state index contributed by atoms with van der Waals surface area (Å²) in [5.74, 6) is 0.144. The maximum atomic E-state index is 14.7. The van der Waals surface area contributed by atoms with Crippen LogP contribution in [-0.4, -0.2) is 18.3 Å². The predicted molar refractivity (Wildman–Crippen MR) is 229 cm³/mol. The lowest BCUT2D eigenvalue weighted by Crippen LogP contribution is -2.09. The first kappa shape index (κ1) is 42.3. The average Bonchev–Trinajstić information content (AvgIpc) is 3.16. The fourth-order valence-corrected chi connectivity index (χ4v) is 9.15. The van der Waals surface area contributed by atoms with Crippen LogP contribution in [0.4, 0.5) is 0 Å². The molecule has 0 aliphatic rings. The standard InChI is InChI=1S/C47H89O4P/c1-4-7-10-12-14-16-18-20-22-24-26-28-30-32-34-36-43-50-52(49,47(38-9-6-3)45-39-41-46(48)42-40-45)51-44-37-35-33-31-29-27-25-23-21-19-17-15-13-11-8-5-2/h39-42,47-48H,4-38,43-44H2,1-3H3/i30T,31T,34T,35T. The van der Waals surface area contributed by atoms with E-state index in [0.29, 0.717) is 32.1 Å². The maximum absolute atomic E-state index is 14.7. The predicted octanol–water partition coefficient (Wildman–Crippen LogP) is 17.4. The molecule has 0 heterocycles. The van der Waals surface area contributed by atoms with Gasteiger partial charge in [0, 0.05) is 5.48 Å². The van der Waals surface area contributed by atoms with Crippen molar-refractivity contribution in [3.63, 3.8) is 0 Å². The van der Waals surface area contributed by atoms with Gasteiger partial charge in [-0.25, -0.2) is 0 Å². The highest BCUT2D eigenvalue weighted by Gasteiger charge is 2.36. The monoisotopic (exact) mass is 757 g/mol. The van der Waals surface area contributed by atoms with E-state index in [1.54, 1.807) is 24.3 Å². The first-order chi connectivity index (χ1) is 27.1. The van der Waals surface area contributed by atoms with Crippen LogP contribution in [-0.2, 0) is 13.6 Å². The second kappa shape index (κ2) is 37.1. The van der Waals surface area contributed by atoms with Gasteiger partial charge in [0.15, 0.2) is 0 Å². The molecule has 0 fully saturated rings. The first-order valence-corrected chi connectivity index (χ1v) is 24.1. The van der Waals surface area contributed by atoms with Crippen molar-refractivity contribution in [3.8, 4) is 5.75 Å². The van der Waals surface area contributed by atoms with Gasteiger partial charge in [0.2, 0.25) is 0 Å². The van der Waals surface area contributed by atoms with E-state index in [-0.39, 0.29) is 31.8 Å². The minimum Gasteiger partial charge on any atom is -0.508 e. The van der Waals surface area contributed by atoms with Crippen LogP contribution in [0.15, 0.2) is 24.3 Å². The summed E-state index contributed by atoms with van der Waals surface area (Å²) in [4.78, 5) is 0. The van der Waals surface area contributed by atoms with Crippen LogP contribution in [0.5, 0.6) is 5.75 Å². The Bertz CT molecular complexity index is 998. The Morgan fingerprint density at radius 2 is 0.808 bits per heavy atom. The lowest BCUT2D eigenvalue weighted by atomic mass is 10.0. The minimum absolute atomic E-state index is 0.120. The SMILES string of the molecule is [3H]C(CCCCCCCCCCCCC)CC([3H])CCOP(=O)(OCCC([3H])CC([3H])CCCCCCCCCCCCC)C(CCCC)c1ccc(O)cc1. The van der Waals surface area contributed by atoms with E-state index in [1.165, 1.54) is 116 Å². The van der Waals surface area contributed by atoms with Crippen molar-refractivity contribution < 1.29 is 24.2 Å². The van der Waals surface area contributed by atoms with Crippen LogP contribution < -0.4 is 0 Å². The van der Waals surface area contributed by atoms with Crippen LogP contribution in [0.3, 0.4) is 0 Å². The zero-order valence-electron chi connectivity index (χ0n) is 38.6. The van der Waals surface area contributed by atoms with Gasteiger partial charge in [0.05, 0.1) is 18.9 Å². The van der Waals surface area contributed by atoms with E-state index in [1.807, 2.05) is 0 Å². The van der Waals surface area contributed by atoms with Crippen molar-refractivity contribution in [2.75, 3.05) is 13.2 Å². The van der Waals surface area contributed by atoms with Crippen LogP contribution in [0.2, 0.25) is 0 Å². The third-order valence-corrected chi connectivity index (χ3v) is 12.8. The highest BCUT2D eigenvalue weighted by atomic mass is 31.2. The summed E-state index contributed by atoms with van der Waals surface area (Å²) in [7, 11) is -3.70. The molecule has 0 amide bonds. The van der Waals surface area contributed by atoms with Crippen molar-refractivity contribution in [1.29, 1.82) is 0 Å². The molecule has 1 N–H and O–H groups in total. The first-order valence-electron chi connectivity index (χ1n) is 24.8. The molecule has 5 heteroatoms. The molecular formula is C47H89O4P. The molecule has 0 aromatic heterocycles. The summed E-state index contributed by atoms with van der Waals surface area (Å²) in [5, 5.41) is 9.95. The Balaban J connectivity index is 2.54. The lowest BCUT2D eigenvalue weighted by molar-refractivity contribution is 0.189. The van der Waals surface area contributed by atoms with Crippen LogP contribution in [0.25, 0.3) is 0 Å². The van der Waals surface area contributed by atoms with Crippen LogP contribution in [0.1, 0.15) is 262 Å². The number of hydrogen-bond donors (Lipinski definition) is 1. The summed E-state index contributed by atoms with van der Waals surface area (Å²) in [6, 6.07) is 6.78. The number of rotatable bonds is 41. The third-order valence-electron chi connectivity index (χ3n) is 10.4. The van der Waals surface area contributed by atoms with Gasteiger partial charge in [0.1, 0.15) is 5.75 Å². The number of hydrogen-bond acceptors (Lipinski definition) is 4. The van der Waals surface area contributed by atoms with Gasteiger partial charge >= 0.3 is 7.60 Å². The summed E-state index contributed by atoms with van der Waals surface area (Å²) in [6.07, 6.45) is 32.6. The van der Waals surface area contributed by atoms with E-state index in [2.05, 4.69) is 20.8 Å². The number of aromatic hydroxyl groups is 1. The number of benzene rings is 1. The maximum Gasteiger partial charge on any atom is 0.338 e. The molecule has 5 unspecified atom stereocenters. The van der Waals surface area contributed by atoms with Crippen molar-refractivity contribution >= 4 is 7.60 Å². The Kier molecular flexibility index (Phi) is 30.2. The van der Waals surface area contributed by atoms with E-state index in [9.17, 15) is 9.67 Å². The van der Waals surface area contributed by atoms with Crippen molar-refractivity contribution in [2.45, 2.75) is 251 Å². The topological polar surface area (TPSA) is 55.8 Å². The molecule has 0 spiro atoms. The smallest absolute Gasteiger partial charge is 0.338 e. The Morgan fingerprint density at radius 1 is 0.481 bits per heavy atom. The summed E-state index contributed by atoms with van der Waals surface area (Å²) in [5.41, 5.74) is 0.284. The lowest BCUT2D eigenvalue weighted by Gasteiger charge is -2.27. The third kappa shape index (κ3) is 28.6. The van der Waals surface area contributed by atoms with Crippen LogP contribution >= 0.6 is 7.60 Å². The summed E-state index contributed by atoms with van der Waals surface area (Å²) < 4.78 is 61.4. The summed E-state index contributed by atoms with van der Waals surface area (Å²) >= 11 is 0. The molecule has 0 radical (unpaired) electrons. The summed E-state index contributed by atoms with van der Waals surface area (Å²) in [6.45, 7) is 6.85. The highest BCUT2D eigenvalue weighted by Crippen LogP contribution is 2.63. The molecule has 1 aromatic carbocycles. The molecule has 0 saturated carbocycles. The second-order valence-electron chi connectivity index (χ2n) is 15.3. The van der Waals surface area contributed by atoms with E-state index in [4.69, 9.17) is 14.5 Å². The van der Waals surface area contributed by atoms with Crippen molar-refractivity contribution in [3.05, 3.63) is 29.8 Å². The molecule has 0 aliphatic heterocycles. The van der Waals surface area contributed by atoms with E-state index < -0.39 is 26.0 Å². The van der Waals surface area contributed by atoms with Gasteiger partial charge in [-0.05, 0) is 37.0 Å². The molecule has 5 atom stereocenters. The highest BCUT2D eigenvalue weighted by molar-refractivity contribution is 7.54. The molecule has 1 rings (SSSR count). The van der Waals surface area contributed by atoms with Gasteiger partial charge in [-0.3, -0.25) is 4.57 Å². The Morgan fingerprint density at radius 3 is 1.17 bits per heavy atom. The molecule has 0 bridgehead atoms. The van der Waals surface area contributed by atoms with E-state index in [0.717, 1.165) is 56.9 Å². The normalized spacial score (nSPS) is 17.0. The molecule has 306 valence electrons. The van der Waals surface area contributed by atoms with Gasteiger partial charge in [-0.15, -0.1) is 0 Å². The molecule has 1 aromatic rings. The minimum atomic E-state index is -3.70. The number of phenols is 1. The zero-order valence-corrected chi connectivity index (χ0v) is 35.5. The number of unbranched alkanes of at least 4 members (excludes halogenated alkanes) is 21. The van der Waals surface area contributed by atoms with Gasteiger partial charge in [-0.1, -0.05) is 238 Å². The Hall–Kier alpha value is -0.830. The second-order valence-corrected chi connectivity index (χ2v) is 17.5. The van der Waals surface area contributed by atoms with Gasteiger partial charge < -0.3 is 14.2 Å². The van der Waals surface area contributed by atoms with Crippen molar-refractivity contribution in [2.24, 2.45) is 0 Å². The molecule has 4 nitrogen and oxygen atoms in total. The Labute approximate surface area is 330 Å². The van der Waals surface area contributed by atoms with Crippen LogP contribution in [0, 0.1) is 0 Å². The fraction of sp³-hybridized carbons (Fsp3) is 0.872. The largest absolute Gasteiger partial charge is 0.508 e. The average molecular weight is 757 g/mol. The zero-order chi connectivity index (χ0) is 41.1. The van der Waals surface area contributed by atoms with Crippen molar-refractivity contribution in [1.82, 2.24) is 0 Å².